The lowest BCUT2D eigenvalue weighted by atomic mass is 10.3. The molecule has 0 bridgehead atoms. The lowest BCUT2D eigenvalue weighted by molar-refractivity contribution is 1.26. The van der Waals surface area contributed by atoms with E-state index in [0.717, 1.165) is 26.9 Å². The number of nitrogens with zero attached hydrogens (tertiary/aromatic N) is 2. The van der Waals surface area contributed by atoms with Gasteiger partial charge in [0.25, 0.3) is 0 Å². The third-order valence-corrected chi connectivity index (χ3v) is 4.82. The Morgan fingerprint density at radius 2 is 2.11 bits per heavy atom. The molecule has 3 aromatic rings. The molecule has 5 heteroatoms. The van der Waals surface area contributed by atoms with E-state index in [1.807, 2.05) is 24.3 Å². The van der Waals surface area contributed by atoms with Crippen molar-refractivity contribution in [2.24, 2.45) is 0 Å². The van der Waals surface area contributed by atoms with Gasteiger partial charge in [-0.25, -0.2) is 4.98 Å². The fraction of sp³-hybridized carbons (Fsp3) is 0.0769. The van der Waals surface area contributed by atoms with Gasteiger partial charge in [-0.15, -0.1) is 23.1 Å². The number of hydrogen-bond donors (Lipinski definition) is 1. The van der Waals surface area contributed by atoms with Crippen LogP contribution >= 0.6 is 23.1 Å². The molecule has 2 aromatic heterocycles. The van der Waals surface area contributed by atoms with Gasteiger partial charge in [0.05, 0.1) is 27.9 Å². The van der Waals surface area contributed by atoms with E-state index in [2.05, 4.69) is 16.0 Å². The van der Waals surface area contributed by atoms with Crippen LogP contribution < -0.4 is 5.73 Å². The first-order valence-electron chi connectivity index (χ1n) is 5.49. The van der Waals surface area contributed by atoms with Gasteiger partial charge in [0.1, 0.15) is 5.01 Å². The Bertz CT molecular complexity index is 646. The minimum Gasteiger partial charge on any atom is -0.397 e. The van der Waals surface area contributed by atoms with Gasteiger partial charge in [-0.3, -0.25) is 4.98 Å². The number of rotatable bonds is 3. The highest BCUT2D eigenvalue weighted by atomic mass is 32.2. The summed E-state index contributed by atoms with van der Waals surface area (Å²) in [7, 11) is 0. The molecule has 0 unspecified atom stereocenters. The van der Waals surface area contributed by atoms with Crippen LogP contribution in [0.15, 0.2) is 47.6 Å². The van der Waals surface area contributed by atoms with Crippen LogP contribution in [0.1, 0.15) is 5.01 Å². The van der Waals surface area contributed by atoms with Gasteiger partial charge in [0, 0.05) is 11.1 Å². The minimum atomic E-state index is 0.726. The van der Waals surface area contributed by atoms with Crippen LogP contribution in [0.4, 0.5) is 5.69 Å². The zero-order valence-corrected chi connectivity index (χ0v) is 11.2. The summed E-state index contributed by atoms with van der Waals surface area (Å²) in [6, 6.07) is 10.1. The van der Waals surface area contributed by atoms with Crippen LogP contribution in [0, 0.1) is 0 Å². The molecule has 0 spiro atoms. The molecular formula is C13H11N3S2. The number of thiazole rings is 1. The molecule has 2 heterocycles. The molecule has 0 radical (unpaired) electrons. The quantitative estimate of drug-likeness (QED) is 0.741. The summed E-state index contributed by atoms with van der Waals surface area (Å²) in [4.78, 5) is 9.64. The van der Waals surface area contributed by atoms with Crippen LogP contribution in [0.2, 0.25) is 0 Å². The monoisotopic (exact) mass is 273 g/mol. The van der Waals surface area contributed by atoms with Crippen LogP contribution in [0.25, 0.3) is 10.2 Å². The SMILES string of the molecule is Nc1cnccc1SCc1nc2ccccc2s1. The van der Waals surface area contributed by atoms with Gasteiger partial charge in [-0.05, 0) is 18.2 Å². The Morgan fingerprint density at radius 3 is 2.94 bits per heavy atom. The third-order valence-electron chi connectivity index (χ3n) is 2.50. The van der Waals surface area contributed by atoms with Gasteiger partial charge in [-0.2, -0.15) is 0 Å². The van der Waals surface area contributed by atoms with Crippen LogP contribution in [0.5, 0.6) is 0 Å². The highest BCUT2D eigenvalue weighted by Crippen LogP contribution is 2.30. The van der Waals surface area contributed by atoms with Gasteiger partial charge in [-0.1, -0.05) is 12.1 Å². The maximum absolute atomic E-state index is 5.86. The second-order valence-electron chi connectivity index (χ2n) is 3.78. The number of benzene rings is 1. The van der Waals surface area contributed by atoms with Crippen molar-refractivity contribution in [1.29, 1.82) is 0 Å². The summed E-state index contributed by atoms with van der Waals surface area (Å²) in [6.07, 6.45) is 3.44. The molecule has 3 rings (SSSR count). The Hall–Kier alpha value is -1.59. The first-order chi connectivity index (χ1) is 8.83. The Kier molecular flexibility index (Phi) is 3.17. The minimum absolute atomic E-state index is 0.726. The summed E-state index contributed by atoms with van der Waals surface area (Å²) >= 11 is 3.43. The van der Waals surface area contributed by atoms with Crippen LogP contribution in [0.3, 0.4) is 0 Å². The topological polar surface area (TPSA) is 51.8 Å². The molecule has 90 valence electrons. The Balaban J connectivity index is 1.79. The zero-order valence-electron chi connectivity index (χ0n) is 9.54. The van der Waals surface area contributed by atoms with Gasteiger partial charge in [0.2, 0.25) is 0 Å². The molecule has 1 aromatic carbocycles. The van der Waals surface area contributed by atoms with E-state index in [4.69, 9.17) is 5.73 Å². The number of thioether (sulfide) groups is 1. The Morgan fingerprint density at radius 1 is 1.22 bits per heavy atom. The van der Waals surface area contributed by atoms with Crippen molar-refractivity contribution in [2.75, 3.05) is 5.73 Å². The lowest BCUT2D eigenvalue weighted by Crippen LogP contribution is -1.89. The predicted octanol–water partition coefficient (Wildman–Crippen LogP) is 3.57. The summed E-state index contributed by atoms with van der Waals surface area (Å²) in [5, 5.41) is 1.12. The predicted molar refractivity (Wildman–Crippen MR) is 77.8 cm³/mol. The number of para-hydroxylation sites is 1. The number of anilines is 1. The number of fused-ring (bicyclic) bond motifs is 1. The normalized spacial score (nSPS) is 10.9. The largest absolute Gasteiger partial charge is 0.397 e. The van der Waals surface area contributed by atoms with E-state index in [1.54, 1.807) is 35.5 Å². The average molecular weight is 273 g/mol. The summed E-state index contributed by atoms with van der Waals surface area (Å²) in [5.74, 6) is 0.841. The molecule has 2 N–H and O–H groups in total. The van der Waals surface area contributed by atoms with Crippen molar-refractivity contribution in [1.82, 2.24) is 9.97 Å². The molecule has 3 nitrogen and oxygen atoms in total. The summed E-state index contributed by atoms with van der Waals surface area (Å²) in [5.41, 5.74) is 7.66. The molecule has 0 atom stereocenters. The smallest absolute Gasteiger partial charge is 0.104 e. The first-order valence-corrected chi connectivity index (χ1v) is 7.30. The van der Waals surface area contributed by atoms with Crippen molar-refractivity contribution < 1.29 is 0 Å². The van der Waals surface area contributed by atoms with E-state index >= 15 is 0 Å². The lowest BCUT2D eigenvalue weighted by Gasteiger charge is -2.01. The van der Waals surface area contributed by atoms with Crippen molar-refractivity contribution in [3.63, 3.8) is 0 Å². The maximum Gasteiger partial charge on any atom is 0.104 e. The number of hydrogen-bond acceptors (Lipinski definition) is 5. The van der Waals surface area contributed by atoms with Crippen molar-refractivity contribution >= 4 is 39.0 Å². The van der Waals surface area contributed by atoms with Gasteiger partial charge >= 0.3 is 0 Å². The van der Waals surface area contributed by atoms with Crippen LogP contribution in [-0.2, 0) is 5.75 Å². The molecule has 0 saturated heterocycles. The molecule has 18 heavy (non-hydrogen) atoms. The third kappa shape index (κ3) is 2.32. The standard InChI is InChI=1S/C13H11N3S2/c14-9-7-15-6-5-11(9)17-8-13-16-10-3-1-2-4-12(10)18-13/h1-7H,8,14H2. The van der Waals surface area contributed by atoms with E-state index in [0.29, 0.717) is 0 Å². The fourth-order valence-corrected chi connectivity index (χ4v) is 3.54. The molecule has 0 amide bonds. The van der Waals surface area contributed by atoms with E-state index in [1.165, 1.54) is 4.70 Å². The second-order valence-corrected chi connectivity index (χ2v) is 5.91. The first kappa shape index (κ1) is 11.5. The molecule has 0 saturated carbocycles. The summed E-state index contributed by atoms with van der Waals surface area (Å²) < 4.78 is 1.23. The molecular weight excluding hydrogens is 262 g/mol. The second kappa shape index (κ2) is 4.96. The highest BCUT2D eigenvalue weighted by Gasteiger charge is 2.05. The number of pyridine rings is 1. The number of nitrogen functional groups attached to an aromatic ring is 1. The van der Waals surface area contributed by atoms with Crippen LogP contribution in [-0.4, -0.2) is 9.97 Å². The highest BCUT2D eigenvalue weighted by molar-refractivity contribution is 7.98. The maximum atomic E-state index is 5.86. The Labute approximate surface area is 113 Å². The van der Waals surface area contributed by atoms with E-state index in [9.17, 15) is 0 Å². The molecule has 0 aliphatic rings. The summed E-state index contributed by atoms with van der Waals surface area (Å²) in [6.45, 7) is 0. The van der Waals surface area contributed by atoms with Crippen molar-refractivity contribution in [3.05, 3.63) is 47.7 Å². The van der Waals surface area contributed by atoms with E-state index in [-0.39, 0.29) is 0 Å². The average Bonchev–Trinajstić information content (AvgIpc) is 2.80. The van der Waals surface area contributed by atoms with Crippen molar-refractivity contribution in [3.8, 4) is 0 Å². The number of aromatic nitrogens is 2. The molecule has 0 aliphatic carbocycles. The van der Waals surface area contributed by atoms with Gasteiger partial charge in [0.15, 0.2) is 0 Å². The zero-order chi connectivity index (χ0) is 12.4. The fourth-order valence-electron chi connectivity index (χ4n) is 1.65. The van der Waals surface area contributed by atoms with Gasteiger partial charge < -0.3 is 5.73 Å². The van der Waals surface area contributed by atoms with E-state index < -0.39 is 0 Å². The van der Waals surface area contributed by atoms with Crippen molar-refractivity contribution in [2.45, 2.75) is 10.6 Å². The molecule has 0 aliphatic heterocycles. The number of nitrogens with two attached hydrogens (primary N) is 1. The molecule has 0 fully saturated rings.